The molecule has 5 heteroatoms. The molecule has 2 heterocycles. The van der Waals surface area contributed by atoms with E-state index in [1.54, 1.807) is 0 Å². The third-order valence-electron chi connectivity index (χ3n) is 4.50. The van der Waals surface area contributed by atoms with Crippen LogP contribution in [0.2, 0.25) is 0 Å². The second-order valence-electron chi connectivity index (χ2n) is 6.59. The van der Waals surface area contributed by atoms with Crippen molar-refractivity contribution in [1.29, 1.82) is 0 Å². The quantitative estimate of drug-likeness (QED) is 0.943. The number of carboxylic acid groups (broad SMARTS) is 1. The number of para-hydroxylation sites is 1. The molecule has 1 N–H and O–H groups in total. The molecule has 1 aliphatic heterocycles. The molecule has 1 saturated heterocycles. The maximum absolute atomic E-state index is 11.3. The monoisotopic (exact) mass is 313 g/mol. The minimum Gasteiger partial charge on any atom is -0.481 e. The Hall–Kier alpha value is -2.14. The first-order valence-corrected chi connectivity index (χ1v) is 8.08. The molecule has 0 amide bonds. The van der Waals surface area contributed by atoms with Crippen LogP contribution >= 0.6 is 0 Å². The lowest BCUT2D eigenvalue weighted by Crippen LogP contribution is -2.42. The fourth-order valence-corrected chi connectivity index (χ4v) is 3.37. The van der Waals surface area contributed by atoms with Crippen molar-refractivity contribution < 1.29 is 9.90 Å². The van der Waals surface area contributed by atoms with Crippen LogP contribution in [0.4, 0.5) is 0 Å². The molecule has 2 unspecified atom stereocenters. The number of hydrogen-bond donors (Lipinski definition) is 1. The predicted molar refractivity (Wildman–Crippen MR) is 88.5 cm³/mol. The third kappa shape index (κ3) is 3.62. The Kier molecular flexibility index (Phi) is 4.48. The number of aromatic nitrogens is 2. The normalized spacial score (nSPS) is 22.2. The molecule has 0 spiro atoms. The van der Waals surface area contributed by atoms with Crippen LogP contribution in [0.1, 0.15) is 24.6 Å². The molecule has 1 aromatic carbocycles. The summed E-state index contributed by atoms with van der Waals surface area (Å²) in [4.78, 5) is 13.6. The molecule has 3 rings (SSSR count). The summed E-state index contributed by atoms with van der Waals surface area (Å²) >= 11 is 0. The summed E-state index contributed by atoms with van der Waals surface area (Å²) in [5, 5.41) is 13.9. The minimum atomic E-state index is -0.682. The van der Waals surface area contributed by atoms with Gasteiger partial charge in [0.25, 0.3) is 0 Å². The molecular weight excluding hydrogens is 290 g/mol. The van der Waals surface area contributed by atoms with Crippen LogP contribution in [0.5, 0.6) is 0 Å². The molecule has 1 aromatic heterocycles. The lowest BCUT2D eigenvalue weighted by atomic mass is 9.90. The van der Waals surface area contributed by atoms with Gasteiger partial charge in [0.05, 0.1) is 17.3 Å². The second-order valence-corrected chi connectivity index (χ2v) is 6.59. The Balaban J connectivity index is 1.75. The molecule has 0 aliphatic carbocycles. The zero-order valence-electron chi connectivity index (χ0n) is 13.6. The van der Waals surface area contributed by atoms with Crippen LogP contribution in [0, 0.1) is 18.8 Å². The first kappa shape index (κ1) is 15.7. The predicted octanol–water partition coefficient (Wildman–Crippen LogP) is 2.72. The van der Waals surface area contributed by atoms with Gasteiger partial charge in [-0.3, -0.25) is 9.69 Å². The van der Waals surface area contributed by atoms with Gasteiger partial charge in [0, 0.05) is 31.4 Å². The van der Waals surface area contributed by atoms with Crippen molar-refractivity contribution in [3.8, 4) is 5.69 Å². The van der Waals surface area contributed by atoms with E-state index in [9.17, 15) is 9.90 Å². The van der Waals surface area contributed by atoms with Gasteiger partial charge in [0.1, 0.15) is 0 Å². The van der Waals surface area contributed by atoms with E-state index >= 15 is 0 Å². The summed E-state index contributed by atoms with van der Waals surface area (Å²) in [5.74, 6) is -0.532. The topological polar surface area (TPSA) is 58.4 Å². The minimum absolute atomic E-state index is 0.261. The van der Waals surface area contributed by atoms with Crippen molar-refractivity contribution in [3.05, 3.63) is 47.8 Å². The summed E-state index contributed by atoms with van der Waals surface area (Å²) in [6.45, 7) is 6.46. The van der Waals surface area contributed by atoms with Gasteiger partial charge in [-0.15, -0.1) is 0 Å². The molecule has 2 aromatic rings. The van der Waals surface area contributed by atoms with Gasteiger partial charge in [-0.05, 0) is 31.4 Å². The van der Waals surface area contributed by atoms with Gasteiger partial charge in [-0.1, -0.05) is 25.1 Å². The van der Waals surface area contributed by atoms with Gasteiger partial charge in [0.15, 0.2) is 0 Å². The van der Waals surface area contributed by atoms with Crippen LogP contribution in [-0.2, 0) is 11.3 Å². The Morgan fingerprint density at radius 2 is 2.04 bits per heavy atom. The number of nitrogens with zero attached hydrogens (tertiary/aromatic N) is 3. The van der Waals surface area contributed by atoms with Crippen molar-refractivity contribution in [1.82, 2.24) is 14.7 Å². The molecule has 0 saturated carbocycles. The fourth-order valence-electron chi connectivity index (χ4n) is 3.37. The summed E-state index contributed by atoms with van der Waals surface area (Å²) in [5.41, 5.74) is 3.20. The largest absolute Gasteiger partial charge is 0.481 e. The zero-order chi connectivity index (χ0) is 16.4. The van der Waals surface area contributed by atoms with Gasteiger partial charge in [0.2, 0.25) is 0 Å². The second kappa shape index (κ2) is 6.54. The SMILES string of the molecule is Cc1nn(-c2ccccc2)cc1CN1CC(C)CC(C(=O)O)C1. The van der Waals surface area contributed by atoms with Gasteiger partial charge in [-0.25, -0.2) is 4.68 Å². The molecule has 23 heavy (non-hydrogen) atoms. The van der Waals surface area contributed by atoms with Crippen LogP contribution in [0.25, 0.3) is 5.69 Å². The van der Waals surface area contributed by atoms with Crippen molar-refractivity contribution >= 4 is 5.97 Å². The number of aliphatic carboxylic acids is 1. The van der Waals surface area contributed by atoms with Crippen molar-refractivity contribution in [2.45, 2.75) is 26.8 Å². The number of benzene rings is 1. The molecule has 0 bridgehead atoms. The highest BCUT2D eigenvalue weighted by Gasteiger charge is 2.29. The van der Waals surface area contributed by atoms with E-state index < -0.39 is 5.97 Å². The van der Waals surface area contributed by atoms with Gasteiger partial charge in [-0.2, -0.15) is 5.10 Å². The Morgan fingerprint density at radius 1 is 1.30 bits per heavy atom. The fraction of sp³-hybridized carbons (Fsp3) is 0.444. The molecular formula is C18H23N3O2. The van der Waals surface area contributed by atoms with Crippen LogP contribution in [0.3, 0.4) is 0 Å². The van der Waals surface area contributed by atoms with E-state index in [2.05, 4.69) is 23.1 Å². The van der Waals surface area contributed by atoms with Crippen LogP contribution < -0.4 is 0 Å². The van der Waals surface area contributed by atoms with Crippen molar-refractivity contribution in [2.75, 3.05) is 13.1 Å². The molecule has 122 valence electrons. The molecule has 1 aliphatic rings. The highest BCUT2D eigenvalue weighted by molar-refractivity contribution is 5.70. The molecule has 1 fully saturated rings. The molecule has 0 radical (unpaired) electrons. The van der Waals surface area contributed by atoms with E-state index in [1.807, 2.05) is 41.9 Å². The summed E-state index contributed by atoms with van der Waals surface area (Å²) in [6, 6.07) is 10.0. The van der Waals surface area contributed by atoms with Crippen molar-refractivity contribution in [2.24, 2.45) is 11.8 Å². The molecule has 2 atom stereocenters. The lowest BCUT2D eigenvalue weighted by Gasteiger charge is -2.34. The highest BCUT2D eigenvalue weighted by Crippen LogP contribution is 2.24. The number of aryl methyl sites for hydroxylation is 1. The third-order valence-corrected chi connectivity index (χ3v) is 4.50. The van der Waals surface area contributed by atoms with Crippen LogP contribution in [0.15, 0.2) is 36.5 Å². The smallest absolute Gasteiger partial charge is 0.307 e. The zero-order valence-corrected chi connectivity index (χ0v) is 13.6. The maximum Gasteiger partial charge on any atom is 0.307 e. The number of carbonyl (C=O) groups is 1. The van der Waals surface area contributed by atoms with Crippen LogP contribution in [-0.4, -0.2) is 38.8 Å². The summed E-state index contributed by atoms with van der Waals surface area (Å²) in [6.07, 6.45) is 2.83. The first-order chi connectivity index (χ1) is 11.0. The summed E-state index contributed by atoms with van der Waals surface area (Å²) < 4.78 is 1.90. The Morgan fingerprint density at radius 3 is 2.74 bits per heavy atom. The van der Waals surface area contributed by atoms with Gasteiger partial charge >= 0.3 is 5.97 Å². The first-order valence-electron chi connectivity index (χ1n) is 8.08. The van der Waals surface area contributed by atoms with E-state index in [-0.39, 0.29) is 5.92 Å². The van der Waals surface area contributed by atoms with E-state index in [4.69, 9.17) is 0 Å². The number of carboxylic acids is 1. The average Bonchev–Trinajstić information content (AvgIpc) is 2.88. The van der Waals surface area contributed by atoms with Gasteiger partial charge < -0.3 is 5.11 Å². The Bertz CT molecular complexity index is 681. The number of rotatable bonds is 4. The molecule has 5 nitrogen and oxygen atoms in total. The van der Waals surface area contributed by atoms with E-state index in [1.165, 1.54) is 0 Å². The van der Waals surface area contributed by atoms with E-state index in [0.29, 0.717) is 12.5 Å². The Labute approximate surface area is 136 Å². The average molecular weight is 313 g/mol. The van der Waals surface area contributed by atoms with Crippen molar-refractivity contribution in [3.63, 3.8) is 0 Å². The standard InChI is InChI=1S/C18H23N3O2/c1-13-8-15(18(22)23)10-20(9-13)11-16-12-21(19-14(16)2)17-6-4-3-5-7-17/h3-7,12-13,15H,8-11H2,1-2H3,(H,22,23). The highest BCUT2D eigenvalue weighted by atomic mass is 16.4. The number of hydrogen-bond acceptors (Lipinski definition) is 3. The number of likely N-dealkylation sites (tertiary alicyclic amines) is 1. The summed E-state index contributed by atoms with van der Waals surface area (Å²) in [7, 11) is 0. The number of piperidine rings is 1. The lowest BCUT2D eigenvalue weighted by molar-refractivity contribution is -0.144. The van der Waals surface area contributed by atoms with E-state index in [0.717, 1.165) is 36.5 Å². The maximum atomic E-state index is 11.3.